The molecule has 1 heteroatoms. The van der Waals surface area contributed by atoms with E-state index in [1.807, 2.05) is 0 Å². The van der Waals surface area contributed by atoms with Crippen LogP contribution in [0.15, 0.2) is 176 Å². The van der Waals surface area contributed by atoms with Crippen LogP contribution in [-0.4, -0.2) is 6.71 Å². The molecular formula is C46H29B. The summed E-state index contributed by atoms with van der Waals surface area (Å²) in [7, 11) is 0. The van der Waals surface area contributed by atoms with Crippen molar-refractivity contribution in [2.45, 2.75) is 0 Å². The van der Waals surface area contributed by atoms with Gasteiger partial charge in [0.1, 0.15) is 0 Å². The maximum Gasteiger partial charge on any atom is 0.242 e. The van der Waals surface area contributed by atoms with E-state index in [1.54, 1.807) is 0 Å². The lowest BCUT2D eigenvalue weighted by molar-refractivity contribution is 1.67. The molecule has 0 radical (unpaired) electrons. The molecule has 0 N–H and O–H groups in total. The second kappa shape index (κ2) is 10.3. The molecule has 1 heterocycles. The number of benzene rings is 9. The van der Waals surface area contributed by atoms with E-state index in [-0.39, 0.29) is 6.71 Å². The molecule has 0 unspecified atom stereocenters. The first kappa shape index (κ1) is 26.3. The highest BCUT2D eigenvalue weighted by atomic mass is 14.2. The maximum absolute atomic E-state index is 2.45. The number of rotatable bonds is 3. The molecule has 9 aromatic rings. The molecule has 0 saturated heterocycles. The number of hydrogen-bond donors (Lipinski definition) is 0. The Bertz CT molecular complexity index is 2630. The van der Waals surface area contributed by atoms with Gasteiger partial charge in [-0.05, 0) is 88.6 Å². The van der Waals surface area contributed by atoms with Gasteiger partial charge in [0.15, 0.2) is 0 Å². The second-order valence-electron chi connectivity index (χ2n) is 12.8. The maximum atomic E-state index is 2.45. The molecule has 0 nitrogen and oxygen atoms in total. The van der Waals surface area contributed by atoms with Crippen molar-refractivity contribution in [3.63, 3.8) is 0 Å². The van der Waals surface area contributed by atoms with Crippen LogP contribution in [0.1, 0.15) is 0 Å². The summed E-state index contributed by atoms with van der Waals surface area (Å²) in [6.45, 7) is 0.248. The summed E-state index contributed by atoms with van der Waals surface area (Å²) >= 11 is 0. The van der Waals surface area contributed by atoms with Crippen LogP contribution in [-0.2, 0) is 0 Å². The largest absolute Gasteiger partial charge is 0.242 e. The van der Waals surface area contributed by atoms with Crippen molar-refractivity contribution < 1.29 is 0 Å². The Morgan fingerprint density at radius 1 is 0.298 bits per heavy atom. The van der Waals surface area contributed by atoms with Crippen molar-refractivity contribution in [2.75, 3.05) is 0 Å². The zero-order chi connectivity index (χ0) is 30.9. The Morgan fingerprint density at radius 2 is 0.809 bits per heavy atom. The predicted octanol–water partition coefficient (Wildman–Crippen LogP) is 10.1. The molecule has 0 amide bonds. The van der Waals surface area contributed by atoms with Crippen LogP contribution in [0.2, 0.25) is 0 Å². The van der Waals surface area contributed by atoms with Crippen molar-refractivity contribution >= 4 is 66.2 Å². The molecule has 0 fully saturated rings. The summed E-state index contributed by atoms with van der Waals surface area (Å²) in [6.07, 6.45) is 0. The third kappa shape index (κ3) is 3.97. The van der Waals surface area contributed by atoms with Gasteiger partial charge in [-0.1, -0.05) is 180 Å². The van der Waals surface area contributed by atoms with E-state index in [0.717, 1.165) is 0 Å². The van der Waals surface area contributed by atoms with E-state index in [0.29, 0.717) is 0 Å². The Hall–Kier alpha value is -5.92. The SMILES string of the molecule is c1ccc(B2c3ccccc3-c3cc(-c4c5ccccc5c(-c5ccc6c(ccc7ccccc76)c5)c5ccccc45)ccc32)cc1. The van der Waals surface area contributed by atoms with Gasteiger partial charge in [0.2, 0.25) is 6.71 Å². The van der Waals surface area contributed by atoms with Crippen LogP contribution < -0.4 is 16.4 Å². The van der Waals surface area contributed by atoms with Crippen LogP contribution in [0.3, 0.4) is 0 Å². The van der Waals surface area contributed by atoms with Crippen LogP contribution >= 0.6 is 0 Å². The summed E-state index contributed by atoms with van der Waals surface area (Å²) in [5.74, 6) is 0. The summed E-state index contributed by atoms with van der Waals surface area (Å²) in [6, 6.07) is 65.2. The van der Waals surface area contributed by atoms with Crippen LogP contribution in [0.4, 0.5) is 0 Å². The molecule has 0 atom stereocenters. The summed E-state index contributed by atoms with van der Waals surface area (Å²) in [4.78, 5) is 0. The molecule has 1 aliphatic heterocycles. The molecule has 0 saturated carbocycles. The van der Waals surface area contributed by atoms with Crippen LogP contribution in [0.5, 0.6) is 0 Å². The molecule has 0 spiro atoms. The van der Waals surface area contributed by atoms with Crippen molar-refractivity contribution in [3.8, 4) is 33.4 Å². The Morgan fingerprint density at radius 3 is 1.53 bits per heavy atom. The lowest BCUT2D eigenvalue weighted by atomic mass is 9.39. The lowest BCUT2D eigenvalue weighted by Crippen LogP contribution is -2.48. The average Bonchev–Trinajstić information content (AvgIpc) is 3.47. The van der Waals surface area contributed by atoms with Gasteiger partial charge < -0.3 is 0 Å². The summed E-state index contributed by atoms with van der Waals surface area (Å²) in [5.41, 5.74) is 11.9. The number of fused-ring (bicyclic) bond motifs is 8. The molecule has 0 bridgehead atoms. The molecule has 216 valence electrons. The fourth-order valence-electron chi connectivity index (χ4n) is 8.28. The van der Waals surface area contributed by atoms with Crippen molar-refractivity contribution in [3.05, 3.63) is 176 Å². The first-order valence-corrected chi connectivity index (χ1v) is 16.5. The monoisotopic (exact) mass is 592 g/mol. The third-order valence-corrected chi connectivity index (χ3v) is 10.3. The molecule has 0 aromatic heterocycles. The molecule has 47 heavy (non-hydrogen) atoms. The van der Waals surface area contributed by atoms with Crippen molar-refractivity contribution in [1.29, 1.82) is 0 Å². The zero-order valence-electron chi connectivity index (χ0n) is 25.8. The van der Waals surface area contributed by atoms with Crippen molar-refractivity contribution in [2.24, 2.45) is 0 Å². The molecule has 10 rings (SSSR count). The first-order valence-electron chi connectivity index (χ1n) is 16.5. The molecule has 1 aliphatic rings. The standard InChI is InChI=1S/C46H29B/c1-2-13-34(14-3-1)47-43-21-11-10-16-37(43)42-29-33(25-27-44(42)47)46-40-19-8-6-17-38(40)45(39-18-7-9-20-41(39)46)32-24-26-36-31(28-32)23-22-30-12-4-5-15-35(30)36/h1-29H. The van der Waals surface area contributed by atoms with Gasteiger partial charge in [-0.25, -0.2) is 0 Å². The van der Waals surface area contributed by atoms with Gasteiger partial charge in [0.05, 0.1) is 0 Å². The fraction of sp³-hybridized carbons (Fsp3) is 0. The third-order valence-electron chi connectivity index (χ3n) is 10.3. The quantitative estimate of drug-likeness (QED) is 0.109. The Kier molecular flexibility index (Phi) is 5.77. The highest BCUT2D eigenvalue weighted by molar-refractivity contribution is 6.99. The van der Waals surface area contributed by atoms with Crippen LogP contribution in [0, 0.1) is 0 Å². The number of hydrogen-bond acceptors (Lipinski definition) is 0. The van der Waals surface area contributed by atoms with Gasteiger partial charge in [-0.3, -0.25) is 0 Å². The molecular weight excluding hydrogens is 563 g/mol. The second-order valence-corrected chi connectivity index (χ2v) is 12.8. The van der Waals surface area contributed by atoms with Crippen molar-refractivity contribution in [1.82, 2.24) is 0 Å². The van der Waals surface area contributed by atoms with E-state index in [9.17, 15) is 0 Å². The van der Waals surface area contributed by atoms with E-state index < -0.39 is 0 Å². The first-order chi connectivity index (χ1) is 23.3. The van der Waals surface area contributed by atoms with Gasteiger partial charge in [0.25, 0.3) is 0 Å². The van der Waals surface area contributed by atoms with E-state index in [4.69, 9.17) is 0 Å². The van der Waals surface area contributed by atoms with E-state index in [1.165, 1.54) is 92.9 Å². The van der Waals surface area contributed by atoms with E-state index >= 15 is 0 Å². The normalized spacial score (nSPS) is 12.2. The summed E-state index contributed by atoms with van der Waals surface area (Å²) < 4.78 is 0. The minimum atomic E-state index is 0.248. The predicted molar refractivity (Wildman–Crippen MR) is 204 cm³/mol. The van der Waals surface area contributed by atoms with Crippen LogP contribution in [0.25, 0.3) is 76.5 Å². The lowest BCUT2D eigenvalue weighted by Gasteiger charge is -2.19. The van der Waals surface area contributed by atoms with Gasteiger partial charge >= 0.3 is 0 Å². The molecule has 9 aromatic carbocycles. The minimum Gasteiger partial charge on any atom is -0.0686 e. The Labute approximate surface area is 274 Å². The fourth-order valence-corrected chi connectivity index (χ4v) is 8.28. The van der Waals surface area contributed by atoms with Gasteiger partial charge in [-0.2, -0.15) is 0 Å². The average molecular weight is 593 g/mol. The Balaban J connectivity index is 1.22. The highest BCUT2D eigenvalue weighted by Gasteiger charge is 2.33. The summed E-state index contributed by atoms with van der Waals surface area (Å²) in [5, 5.41) is 10.3. The zero-order valence-corrected chi connectivity index (χ0v) is 25.8. The topological polar surface area (TPSA) is 0 Å². The van der Waals surface area contributed by atoms with E-state index in [2.05, 4.69) is 176 Å². The van der Waals surface area contributed by atoms with Gasteiger partial charge in [-0.15, -0.1) is 0 Å². The smallest absolute Gasteiger partial charge is 0.0686 e. The minimum absolute atomic E-state index is 0.248. The van der Waals surface area contributed by atoms with Gasteiger partial charge in [0, 0.05) is 0 Å². The molecule has 0 aliphatic carbocycles. The highest BCUT2D eigenvalue weighted by Crippen LogP contribution is 2.45.